The summed E-state index contributed by atoms with van der Waals surface area (Å²) in [6, 6.07) is 11.9. The van der Waals surface area contributed by atoms with Crippen LogP contribution in [0.2, 0.25) is 0 Å². The lowest BCUT2D eigenvalue weighted by molar-refractivity contribution is 0.242. The molecule has 0 atom stereocenters. The molecule has 2 aromatic carbocycles. The Kier molecular flexibility index (Phi) is 4.73. The fourth-order valence-electron chi connectivity index (χ4n) is 2.19. The number of aromatic hydroxyl groups is 1. The summed E-state index contributed by atoms with van der Waals surface area (Å²) in [5.74, 6) is 1.23. The van der Waals surface area contributed by atoms with Gasteiger partial charge in [-0.1, -0.05) is 12.1 Å². The lowest BCUT2D eigenvalue weighted by Gasteiger charge is -2.13. The van der Waals surface area contributed by atoms with Crippen molar-refractivity contribution in [1.82, 2.24) is 0 Å². The summed E-state index contributed by atoms with van der Waals surface area (Å²) < 4.78 is 5.70. The topological polar surface area (TPSA) is 41.5 Å². The Balaban J connectivity index is 2.08. The molecule has 0 aliphatic heterocycles. The van der Waals surface area contributed by atoms with Gasteiger partial charge in [0.05, 0.1) is 6.10 Å². The molecule has 3 heteroatoms. The molecule has 0 bridgehead atoms. The maximum atomic E-state index is 9.69. The molecule has 0 unspecified atom stereocenters. The molecule has 3 nitrogen and oxygen atoms in total. The number of aryl methyl sites for hydroxylation is 2. The molecule has 0 aliphatic rings. The molecule has 0 aromatic heterocycles. The zero-order valence-corrected chi connectivity index (χ0v) is 13.1. The van der Waals surface area contributed by atoms with Gasteiger partial charge in [0.1, 0.15) is 11.5 Å². The van der Waals surface area contributed by atoms with E-state index in [4.69, 9.17) is 4.74 Å². The van der Waals surface area contributed by atoms with Gasteiger partial charge in [-0.25, -0.2) is 0 Å². The fourth-order valence-corrected chi connectivity index (χ4v) is 2.19. The molecule has 0 saturated heterocycles. The molecule has 0 fully saturated rings. The van der Waals surface area contributed by atoms with Crippen LogP contribution in [0.4, 0.5) is 5.69 Å². The van der Waals surface area contributed by atoms with Crippen molar-refractivity contribution < 1.29 is 9.84 Å². The lowest BCUT2D eigenvalue weighted by Crippen LogP contribution is -2.06. The minimum absolute atomic E-state index is 0.176. The molecule has 0 amide bonds. The summed E-state index contributed by atoms with van der Waals surface area (Å²) in [6.45, 7) is 8.65. The van der Waals surface area contributed by atoms with E-state index in [1.54, 1.807) is 6.07 Å². The third kappa shape index (κ3) is 4.15. The van der Waals surface area contributed by atoms with Crippen molar-refractivity contribution in [2.75, 3.05) is 5.32 Å². The molecule has 0 radical (unpaired) electrons. The van der Waals surface area contributed by atoms with Crippen LogP contribution >= 0.6 is 0 Å². The quantitative estimate of drug-likeness (QED) is 0.800. The van der Waals surface area contributed by atoms with E-state index in [9.17, 15) is 5.11 Å². The number of phenols is 1. The normalized spacial score (nSPS) is 10.7. The molecule has 2 rings (SSSR count). The first-order valence-electron chi connectivity index (χ1n) is 7.25. The molecule has 2 N–H and O–H groups in total. The van der Waals surface area contributed by atoms with Crippen LogP contribution in [0.15, 0.2) is 36.4 Å². The summed E-state index contributed by atoms with van der Waals surface area (Å²) in [5.41, 5.74) is 4.12. The van der Waals surface area contributed by atoms with Gasteiger partial charge in [-0.2, -0.15) is 0 Å². The molecular weight excluding hydrogens is 262 g/mol. The van der Waals surface area contributed by atoms with Crippen LogP contribution < -0.4 is 10.1 Å². The molecule has 21 heavy (non-hydrogen) atoms. The standard InChI is InChI=1S/C18H23NO2/c1-12(2)21-16-7-5-6-15(10-16)11-19-17-8-14(4)18(20)9-13(17)3/h5-10,12,19-20H,11H2,1-4H3. The molecule has 0 spiro atoms. The van der Waals surface area contributed by atoms with Crippen LogP contribution in [-0.2, 0) is 6.54 Å². The first kappa shape index (κ1) is 15.2. The first-order chi connectivity index (χ1) is 9.95. The van der Waals surface area contributed by atoms with Crippen LogP contribution in [0.25, 0.3) is 0 Å². The highest BCUT2D eigenvalue weighted by Gasteiger charge is 2.04. The molecule has 2 aromatic rings. The summed E-state index contributed by atoms with van der Waals surface area (Å²) in [5, 5.41) is 13.1. The Hall–Kier alpha value is -2.16. The second-order valence-electron chi connectivity index (χ2n) is 5.62. The second kappa shape index (κ2) is 6.53. The Morgan fingerprint density at radius 3 is 2.57 bits per heavy atom. The van der Waals surface area contributed by atoms with Crippen molar-refractivity contribution in [1.29, 1.82) is 0 Å². The molecular formula is C18H23NO2. The van der Waals surface area contributed by atoms with E-state index >= 15 is 0 Å². The number of ether oxygens (including phenoxy) is 1. The third-order valence-corrected chi connectivity index (χ3v) is 3.30. The highest BCUT2D eigenvalue weighted by atomic mass is 16.5. The van der Waals surface area contributed by atoms with E-state index in [-0.39, 0.29) is 6.10 Å². The minimum atomic E-state index is 0.176. The maximum Gasteiger partial charge on any atom is 0.120 e. The molecule has 112 valence electrons. The van der Waals surface area contributed by atoms with Gasteiger partial charge in [-0.05, 0) is 68.7 Å². The van der Waals surface area contributed by atoms with Crippen molar-refractivity contribution in [3.63, 3.8) is 0 Å². The van der Waals surface area contributed by atoms with Crippen molar-refractivity contribution in [3.8, 4) is 11.5 Å². The fraction of sp³-hybridized carbons (Fsp3) is 0.333. The Morgan fingerprint density at radius 2 is 1.86 bits per heavy atom. The van der Waals surface area contributed by atoms with Crippen molar-refractivity contribution in [2.45, 2.75) is 40.3 Å². The number of phenolic OH excluding ortho intramolecular Hbond substituents is 1. The van der Waals surface area contributed by atoms with Gasteiger partial charge in [0.15, 0.2) is 0 Å². The molecule has 0 aliphatic carbocycles. The van der Waals surface area contributed by atoms with Crippen LogP contribution in [0, 0.1) is 13.8 Å². The van der Waals surface area contributed by atoms with Gasteiger partial charge in [0, 0.05) is 12.2 Å². The van der Waals surface area contributed by atoms with Crippen LogP contribution in [0.1, 0.15) is 30.5 Å². The molecule has 0 heterocycles. The van der Waals surface area contributed by atoms with Gasteiger partial charge in [0.2, 0.25) is 0 Å². The predicted octanol–water partition coefficient (Wildman–Crippen LogP) is 4.41. The maximum absolute atomic E-state index is 9.69. The van der Waals surface area contributed by atoms with E-state index < -0.39 is 0 Å². The monoisotopic (exact) mass is 285 g/mol. The van der Waals surface area contributed by atoms with Gasteiger partial charge in [-0.15, -0.1) is 0 Å². The van der Waals surface area contributed by atoms with E-state index in [1.165, 1.54) is 5.56 Å². The summed E-state index contributed by atoms with van der Waals surface area (Å²) in [4.78, 5) is 0. The minimum Gasteiger partial charge on any atom is -0.508 e. The highest BCUT2D eigenvalue weighted by molar-refractivity contribution is 5.56. The Labute approximate surface area is 126 Å². The zero-order chi connectivity index (χ0) is 15.4. The van der Waals surface area contributed by atoms with Gasteiger partial charge < -0.3 is 15.2 Å². The predicted molar refractivity (Wildman–Crippen MR) is 87.1 cm³/mol. The average Bonchev–Trinajstić information content (AvgIpc) is 2.41. The smallest absolute Gasteiger partial charge is 0.120 e. The average molecular weight is 285 g/mol. The Morgan fingerprint density at radius 1 is 1.10 bits per heavy atom. The lowest BCUT2D eigenvalue weighted by atomic mass is 10.1. The number of hydrogen-bond acceptors (Lipinski definition) is 3. The van der Waals surface area contributed by atoms with E-state index in [2.05, 4.69) is 17.4 Å². The van der Waals surface area contributed by atoms with Gasteiger partial charge >= 0.3 is 0 Å². The number of anilines is 1. The summed E-state index contributed by atoms with van der Waals surface area (Å²) >= 11 is 0. The third-order valence-electron chi connectivity index (χ3n) is 3.30. The first-order valence-corrected chi connectivity index (χ1v) is 7.25. The highest BCUT2D eigenvalue weighted by Crippen LogP contribution is 2.25. The van der Waals surface area contributed by atoms with E-state index in [0.29, 0.717) is 5.75 Å². The van der Waals surface area contributed by atoms with Crippen LogP contribution in [0.3, 0.4) is 0 Å². The summed E-state index contributed by atoms with van der Waals surface area (Å²) in [6.07, 6.45) is 0.176. The largest absolute Gasteiger partial charge is 0.508 e. The number of benzene rings is 2. The van der Waals surface area contributed by atoms with Crippen LogP contribution in [-0.4, -0.2) is 11.2 Å². The van der Waals surface area contributed by atoms with Crippen molar-refractivity contribution >= 4 is 5.69 Å². The van der Waals surface area contributed by atoms with Crippen molar-refractivity contribution in [3.05, 3.63) is 53.1 Å². The Bertz CT molecular complexity index is 621. The van der Waals surface area contributed by atoms with E-state index in [1.807, 2.05) is 45.9 Å². The molecule has 0 saturated carbocycles. The SMILES string of the molecule is Cc1cc(NCc2cccc(OC(C)C)c2)c(C)cc1O. The van der Waals surface area contributed by atoms with Crippen molar-refractivity contribution in [2.24, 2.45) is 0 Å². The second-order valence-corrected chi connectivity index (χ2v) is 5.62. The van der Waals surface area contributed by atoms with E-state index in [0.717, 1.165) is 29.1 Å². The number of rotatable bonds is 5. The number of hydrogen-bond donors (Lipinski definition) is 2. The van der Waals surface area contributed by atoms with Crippen LogP contribution in [0.5, 0.6) is 11.5 Å². The summed E-state index contributed by atoms with van der Waals surface area (Å²) in [7, 11) is 0. The van der Waals surface area contributed by atoms with Gasteiger partial charge in [0.25, 0.3) is 0 Å². The van der Waals surface area contributed by atoms with Gasteiger partial charge in [-0.3, -0.25) is 0 Å². The zero-order valence-electron chi connectivity index (χ0n) is 13.1. The number of nitrogens with one attached hydrogen (secondary N) is 1.